The summed E-state index contributed by atoms with van der Waals surface area (Å²) in [6.45, 7) is 0. The van der Waals surface area contributed by atoms with E-state index in [0.29, 0.717) is 0 Å². The van der Waals surface area contributed by atoms with Crippen LogP contribution in [0, 0.1) is 0 Å². The van der Waals surface area contributed by atoms with Gasteiger partial charge < -0.3 is 0 Å². The van der Waals surface area contributed by atoms with Crippen molar-refractivity contribution in [2.75, 3.05) is 9.80 Å². The van der Waals surface area contributed by atoms with Gasteiger partial charge in [-0.1, -0.05) is 0 Å². The van der Waals surface area contributed by atoms with Gasteiger partial charge in [0.1, 0.15) is 0 Å². The van der Waals surface area contributed by atoms with E-state index in [1.807, 2.05) is 0 Å². The van der Waals surface area contributed by atoms with E-state index in [2.05, 4.69) is 228 Å². The van der Waals surface area contributed by atoms with E-state index in [9.17, 15) is 0 Å². The molecular formula is C60H36N2Se4. The second-order valence-corrected chi connectivity index (χ2v) is 25.6. The molecule has 6 heteroatoms. The number of hydrogen-bond donors (Lipinski definition) is 0. The zero-order chi connectivity index (χ0) is 43.3. The van der Waals surface area contributed by atoms with Crippen LogP contribution in [0.3, 0.4) is 0 Å². The van der Waals surface area contributed by atoms with Crippen LogP contribution in [-0.2, 0) is 0 Å². The second kappa shape index (κ2) is 15.8. The summed E-state index contributed by atoms with van der Waals surface area (Å²) in [6.07, 6.45) is 0. The SMILES string of the molecule is c1ccc2c(c1)[se]c1c(N(c3ccc(-c4ccc(N(c5cccc6c5[se]c5ccccc56)c5cccc6c5[se]c5ccccc56)cc4)cc3)c3cccc4c3[se]c3ccccc34)cccc12. The van der Waals surface area contributed by atoms with Crippen molar-refractivity contribution in [3.05, 3.63) is 218 Å². The Morgan fingerprint density at radius 3 is 0.727 bits per heavy atom. The average molecular weight is 1100 g/mol. The third-order valence-electron chi connectivity index (χ3n) is 13.1. The Morgan fingerprint density at radius 1 is 0.212 bits per heavy atom. The van der Waals surface area contributed by atoms with Gasteiger partial charge in [0.05, 0.1) is 0 Å². The van der Waals surface area contributed by atoms with Crippen molar-refractivity contribution in [2.24, 2.45) is 0 Å². The van der Waals surface area contributed by atoms with Crippen molar-refractivity contribution in [1.82, 2.24) is 0 Å². The number of fused-ring (bicyclic) bond motifs is 12. The first kappa shape index (κ1) is 39.1. The number of benzene rings is 10. The predicted molar refractivity (Wildman–Crippen MR) is 289 cm³/mol. The molecule has 14 aromatic rings. The number of nitrogens with zero attached hydrogens (tertiary/aromatic N) is 2. The van der Waals surface area contributed by atoms with Crippen LogP contribution in [0.2, 0.25) is 0 Å². The monoisotopic (exact) mass is 1100 g/mol. The van der Waals surface area contributed by atoms with Crippen molar-refractivity contribution in [3.63, 3.8) is 0 Å². The molecule has 0 spiro atoms. The minimum absolute atomic E-state index is 0.206. The normalized spacial score (nSPS) is 11.9. The molecule has 310 valence electrons. The summed E-state index contributed by atoms with van der Waals surface area (Å²) >= 11 is 0.825. The van der Waals surface area contributed by atoms with Gasteiger partial charge in [-0.05, 0) is 0 Å². The summed E-state index contributed by atoms with van der Waals surface area (Å²) in [5, 5.41) is 11.0. The minimum atomic E-state index is 0.206. The first-order valence-electron chi connectivity index (χ1n) is 22.2. The van der Waals surface area contributed by atoms with Crippen LogP contribution in [0.15, 0.2) is 218 Å². The first-order chi connectivity index (χ1) is 32.7. The molecule has 0 N–H and O–H groups in total. The standard InChI is InChI=1S/C60H36N2Se4/c1-5-25-53-41(13-1)45-17-9-21-49(57(45)63-53)61(50-22-10-18-46-42-14-2-6-26-54(42)64-58(46)50)39-33-29-37(30-34-39)38-31-35-40(36-32-38)62(51-23-11-19-47-43-15-3-7-27-55(43)65-59(47)51)52-24-12-20-48-44-16-4-8-28-56(44)66-60(48)52/h1-36H. The van der Waals surface area contributed by atoms with Gasteiger partial charge in [-0.25, -0.2) is 0 Å². The molecule has 2 nitrogen and oxygen atoms in total. The van der Waals surface area contributed by atoms with Gasteiger partial charge in [-0.2, -0.15) is 0 Å². The summed E-state index contributed by atoms with van der Waals surface area (Å²) in [7, 11) is 0. The summed E-state index contributed by atoms with van der Waals surface area (Å²) in [5.74, 6) is 0. The van der Waals surface area contributed by atoms with Crippen LogP contribution < -0.4 is 9.80 Å². The second-order valence-electron chi connectivity index (χ2n) is 16.8. The van der Waals surface area contributed by atoms with Gasteiger partial charge >= 0.3 is 409 Å². The molecule has 0 aliphatic carbocycles. The Balaban J connectivity index is 0.901. The molecule has 0 unspecified atom stereocenters. The maximum atomic E-state index is 2.57. The predicted octanol–water partition coefficient (Wildman–Crippen LogP) is 15.7. The molecule has 0 atom stereocenters. The van der Waals surface area contributed by atoms with E-state index < -0.39 is 0 Å². The Labute approximate surface area is 405 Å². The third kappa shape index (κ3) is 6.19. The molecule has 0 saturated heterocycles. The van der Waals surface area contributed by atoms with E-state index in [1.54, 1.807) is 0 Å². The van der Waals surface area contributed by atoms with Gasteiger partial charge in [0.15, 0.2) is 0 Å². The topological polar surface area (TPSA) is 6.48 Å². The molecule has 66 heavy (non-hydrogen) atoms. The van der Waals surface area contributed by atoms with E-state index in [0.717, 1.165) is 0 Å². The van der Waals surface area contributed by atoms with Gasteiger partial charge in [0.2, 0.25) is 0 Å². The zero-order valence-corrected chi connectivity index (χ0v) is 42.2. The fourth-order valence-corrected chi connectivity index (χ4v) is 20.2. The van der Waals surface area contributed by atoms with Crippen LogP contribution in [-0.4, -0.2) is 58.0 Å². The van der Waals surface area contributed by atoms with E-state index in [1.165, 1.54) is 122 Å². The van der Waals surface area contributed by atoms with Crippen molar-refractivity contribution in [1.29, 1.82) is 0 Å². The van der Waals surface area contributed by atoms with E-state index in [-0.39, 0.29) is 58.0 Å². The molecule has 4 heterocycles. The van der Waals surface area contributed by atoms with Crippen molar-refractivity contribution >= 4 is 169 Å². The van der Waals surface area contributed by atoms with E-state index >= 15 is 0 Å². The van der Waals surface area contributed by atoms with Gasteiger partial charge in [-0.3, -0.25) is 0 Å². The molecule has 0 bridgehead atoms. The fraction of sp³-hybridized carbons (Fsp3) is 0. The zero-order valence-electron chi connectivity index (χ0n) is 35.3. The molecule has 0 radical (unpaired) electrons. The Kier molecular flexibility index (Phi) is 9.33. The Bertz CT molecular complexity index is 3690. The molecule has 10 aromatic carbocycles. The quantitative estimate of drug-likeness (QED) is 0.147. The molecule has 0 aliphatic rings. The molecule has 0 aliphatic heterocycles. The van der Waals surface area contributed by atoms with Crippen LogP contribution in [0.25, 0.3) is 88.3 Å². The summed E-state index contributed by atoms with van der Waals surface area (Å²) < 4.78 is 11.7. The molecule has 0 amide bonds. The number of rotatable bonds is 7. The maximum absolute atomic E-state index is 2.57. The van der Waals surface area contributed by atoms with Gasteiger partial charge in [-0.15, -0.1) is 0 Å². The molecule has 0 saturated carbocycles. The van der Waals surface area contributed by atoms with Crippen LogP contribution in [0.5, 0.6) is 0 Å². The fourth-order valence-electron chi connectivity index (χ4n) is 10.1. The molecule has 0 fully saturated rings. The van der Waals surface area contributed by atoms with Crippen molar-refractivity contribution in [3.8, 4) is 11.1 Å². The van der Waals surface area contributed by atoms with Gasteiger partial charge in [0, 0.05) is 0 Å². The van der Waals surface area contributed by atoms with Gasteiger partial charge in [0.25, 0.3) is 0 Å². The molecule has 4 aromatic heterocycles. The Morgan fingerprint density at radius 2 is 0.455 bits per heavy atom. The first-order valence-corrected chi connectivity index (χ1v) is 29.0. The van der Waals surface area contributed by atoms with E-state index in [4.69, 9.17) is 0 Å². The number of anilines is 6. The van der Waals surface area contributed by atoms with Crippen molar-refractivity contribution in [2.45, 2.75) is 0 Å². The number of hydrogen-bond acceptors (Lipinski definition) is 2. The third-order valence-corrected chi connectivity index (χ3v) is 23.2. The van der Waals surface area contributed by atoms with Crippen LogP contribution in [0.1, 0.15) is 0 Å². The summed E-state index contributed by atoms with van der Waals surface area (Å²) in [4.78, 5) is 5.14. The van der Waals surface area contributed by atoms with Crippen LogP contribution in [0.4, 0.5) is 34.1 Å². The van der Waals surface area contributed by atoms with Crippen LogP contribution >= 0.6 is 0 Å². The average Bonchev–Trinajstić information content (AvgIpc) is 4.16. The Hall–Kier alpha value is -6.12. The van der Waals surface area contributed by atoms with Crippen molar-refractivity contribution < 1.29 is 0 Å². The molecular weight excluding hydrogens is 1060 g/mol. The summed E-state index contributed by atoms with van der Waals surface area (Å²) in [6, 6.07) is 82.4. The summed E-state index contributed by atoms with van der Waals surface area (Å²) in [5.41, 5.74) is 9.93. The molecule has 14 rings (SSSR count).